The second-order valence-corrected chi connectivity index (χ2v) is 10.2. The Morgan fingerprint density at radius 2 is 1.51 bits per heavy atom. The summed E-state index contributed by atoms with van der Waals surface area (Å²) in [6, 6.07) is 16.4. The number of rotatable bonds is 8. The van der Waals surface area contributed by atoms with Crippen LogP contribution in [0, 0.1) is 11.7 Å². The van der Waals surface area contributed by atoms with Gasteiger partial charge in [0.05, 0.1) is 15.6 Å². The number of fused-ring (bicyclic) bond motifs is 1. The van der Waals surface area contributed by atoms with Gasteiger partial charge >= 0.3 is 0 Å². The van der Waals surface area contributed by atoms with Crippen molar-refractivity contribution in [3.05, 3.63) is 98.9 Å². The lowest BCUT2D eigenvalue weighted by Gasteiger charge is -2.11. The minimum Gasteiger partial charge on any atom is -0.352 e. The molecule has 4 rings (SSSR count). The summed E-state index contributed by atoms with van der Waals surface area (Å²) in [5, 5.41) is 9.51. The largest absolute Gasteiger partial charge is 0.352 e. The van der Waals surface area contributed by atoms with Gasteiger partial charge < -0.3 is 20.5 Å². The number of halogens is 3. The van der Waals surface area contributed by atoms with E-state index in [2.05, 4.69) is 16.0 Å². The van der Waals surface area contributed by atoms with E-state index in [4.69, 9.17) is 23.2 Å². The summed E-state index contributed by atoms with van der Waals surface area (Å²) in [7, 11) is 1.76. The summed E-state index contributed by atoms with van der Waals surface area (Å²) in [5.74, 6) is -1.51. The van der Waals surface area contributed by atoms with Gasteiger partial charge in [-0.05, 0) is 59.7 Å². The molecule has 1 aromatic heterocycles. The number of aryl methyl sites for hydroxylation is 1. The van der Waals surface area contributed by atoms with Crippen LogP contribution in [0.1, 0.15) is 45.8 Å². The number of nitrogens with one attached hydrogen (secondary N) is 3. The third-order valence-corrected chi connectivity index (χ3v) is 6.87. The van der Waals surface area contributed by atoms with Crippen LogP contribution >= 0.6 is 23.2 Å². The fraction of sp³-hybridized carbons (Fsp3) is 0.207. The lowest BCUT2D eigenvalue weighted by Crippen LogP contribution is -2.27. The highest BCUT2D eigenvalue weighted by molar-refractivity contribution is 6.34. The highest BCUT2D eigenvalue weighted by atomic mass is 35.5. The number of benzene rings is 3. The lowest BCUT2D eigenvalue weighted by molar-refractivity contribution is -0.124. The summed E-state index contributed by atoms with van der Waals surface area (Å²) in [6.07, 6.45) is 0. The number of hydrogen-bond donors (Lipinski definition) is 3. The summed E-state index contributed by atoms with van der Waals surface area (Å²) in [6.45, 7) is 4.02. The Bertz CT molecular complexity index is 1580. The van der Waals surface area contributed by atoms with Crippen molar-refractivity contribution in [3.63, 3.8) is 0 Å². The van der Waals surface area contributed by atoms with E-state index in [1.54, 1.807) is 74.0 Å². The number of aromatic nitrogens is 1. The first-order chi connectivity index (χ1) is 18.5. The fourth-order valence-corrected chi connectivity index (χ4v) is 4.34. The Balaban J connectivity index is 1.47. The molecule has 0 aliphatic heterocycles. The van der Waals surface area contributed by atoms with E-state index >= 15 is 0 Å². The van der Waals surface area contributed by atoms with Crippen LogP contribution in [0.3, 0.4) is 0 Å². The average Bonchev–Trinajstić information content (AvgIpc) is 3.23. The first kappa shape index (κ1) is 28.1. The van der Waals surface area contributed by atoms with Crippen LogP contribution in [0.15, 0.2) is 60.7 Å². The van der Waals surface area contributed by atoms with E-state index in [0.717, 1.165) is 16.5 Å². The maximum absolute atomic E-state index is 13.7. The first-order valence-electron chi connectivity index (χ1n) is 12.2. The number of carbonyl (C=O) groups is 3. The van der Waals surface area contributed by atoms with Crippen molar-refractivity contribution in [1.29, 1.82) is 0 Å². The van der Waals surface area contributed by atoms with Crippen LogP contribution < -0.4 is 16.0 Å². The third kappa shape index (κ3) is 6.58. The van der Waals surface area contributed by atoms with Crippen molar-refractivity contribution in [1.82, 2.24) is 15.2 Å². The number of hydrogen-bond acceptors (Lipinski definition) is 3. The van der Waals surface area contributed by atoms with Crippen LogP contribution in [0.5, 0.6) is 0 Å². The molecule has 0 aliphatic rings. The van der Waals surface area contributed by atoms with Crippen molar-refractivity contribution in [2.75, 3.05) is 5.32 Å². The second-order valence-electron chi connectivity index (χ2n) is 9.43. The number of amides is 3. The minimum atomic E-state index is -0.548. The topological polar surface area (TPSA) is 92.2 Å². The molecule has 0 bridgehead atoms. The Morgan fingerprint density at radius 1 is 0.846 bits per heavy atom. The van der Waals surface area contributed by atoms with E-state index in [1.165, 1.54) is 12.1 Å². The zero-order valence-electron chi connectivity index (χ0n) is 21.6. The van der Waals surface area contributed by atoms with Crippen LogP contribution in [-0.4, -0.2) is 22.3 Å². The molecule has 0 radical (unpaired) electrons. The second kappa shape index (κ2) is 11.9. The highest BCUT2D eigenvalue weighted by Gasteiger charge is 2.16. The van der Waals surface area contributed by atoms with Crippen molar-refractivity contribution >= 4 is 57.5 Å². The predicted octanol–water partition coefficient (Wildman–Crippen LogP) is 6.08. The smallest absolute Gasteiger partial charge is 0.268 e. The SMILES string of the molecule is CC(C)C(=O)NCc1ccc(Cl)c(C(=O)Nc2ccc3c(c2)cc(C(=O)NCc2ccc(Cl)c(F)c2)n3C)c1. The van der Waals surface area contributed by atoms with Gasteiger partial charge in [0.1, 0.15) is 11.5 Å². The van der Waals surface area contributed by atoms with Gasteiger partial charge in [-0.2, -0.15) is 0 Å². The lowest BCUT2D eigenvalue weighted by atomic mass is 10.1. The zero-order valence-corrected chi connectivity index (χ0v) is 23.1. The monoisotopic (exact) mass is 568 g/mol. The molecule has 7 nitrogen and oxygen atoms in total. The Labute approximate surface area is 235 Å². The van der Waals surface area contributed by atoms with Gasteiger partial charge in [0.2, 0.25) is 5.91 Å². The minimum absolute atomic E-state index is 0.0202. The fourth-order valence-electron chi connectivity index (χ4n) is 4.02. The van der Waals surface area contributed by atoms with Crippen LogP contribution in [0.25, 0.3) is 10.9 Å². The molecule has 3 N–H and O–H groups in total. The molecule has 3 amide bonds. The molecule has 0 aliphatic carbocycles. The molecule has 0 unspecified atom stereocenters. The third-order valence-electron chi connectivity index (χ3n) is 6.24. The van der Waals surface area contributed by atoms with E-state index in [1.807, 2.05) is 0 Å². The van der Waals surface area contributed by atoms with Gasteiger partial charge in [0, 0.05) is 42.6 Å². The van der Waals surface area contributed by atoms with Crippen molar-refractivity contribution in [2.45, 2.75) is 26.9 Å². The average molecular weight is 569 g/mol. The van der Waals surface area contributed by atoms with Gasteiger partial charge in [0.25, 0.3) is 11.8 Å². The first-order valence-corrected chi connectivity index (χ1v) is 13.0. The predicted molar refractivity (Wildman–Crippen MR) is 152 cm³/mol. The van der Waals surface area contributed by atoms with Gasteiger partial charge in [-0.1, -0.05) is 49.2 Å². The molecular formula is C29H27Cl2FN4O3. The standard InChI is InChI=1S/C29H27Cl2FN4O3/c1-16(2)27(37)33-14-17-4-7-22(30)21(10-17)28(38)35-20-6-9-25-19(12-20)13-26(36(25)3)29(39)34-15-18-5-8-23(31)24(32)11-18/h4-13,16H,14-15H2,1-3H3,(H,33,37)(H,34,39)(H,35,38). The van der Waals surface area contributed by atoms with E-state index in [9.17, 15) is 18.8 Å². The molecule has 4 aromatic rings. The van der Waals surface area contributed by atoms with Gasteiger partial charge in [-0.25, -0.2) is 4.39 Å². The number of anilines is 1. The molecule has 3 aromatic carbocycles. The van der Waals surface area contributed by atoms with Crippen LogP contribution in [-0.2, 0) is 24.9 Å². The Morgan fingerprint density at radius 3 is 2.21 bits per heavy atom. The van der Waals surface area contributed by atoms with Crippen LogP contribution in [0.4, 0.5) is 10.1 Å². The molecule has 202 valence electrons. The van der Waals surface area contributed by atoms with E-state index in [-0.39, 0.29) is 46.4 Å². The van der Waals surface area contributed by atoms with Gasteiger partial charge in [-0.15, -0.1) is 0 Å². The number of carbonyl (C=O) groups excluding carboxylic acids is 3. The Hall–Kier alpha value is -3.88. The molecule has 10 heteroatoms. The zero-order chi connectivity index (χ0) is 28.3. The highest BCUT2D eigenvalue weighted by Crippen LogP contribution is 2.25. The quantitative estimate of drug-likeness (QED) is 0.240. The molecule has 0 fully saturated rings. The van der Waals surface area contributed by atoms with Gasteiger partial charge in [0.15, 0.2) is 0 Å². The summed E-state index contributed by atoms with van der Waals surface area (Å²) in [5.41, 5.74) is 3.32. The molecule has 0 spiro atoms. The molecular weight excluding hydrogens is 542 g/mol. The molecule has 0 saturated heterocycles. The van der Waals surface area contributed by atoms with E-state index < -0.39 is 11.7 Å². The maximum Gasteiger partial charge on any atom is 0.268 e. The summed E-state index contributed by atoms with van der Waals surface area (Å²) >= 11 is 12.0. The van der Waals surface area contributed by atoms with Crippen molar-refractivity contribution < 1.29 is 18.8 Å². The number of nitrogens with zero attached hydrogens (tertiary/aromatic N) is 1. The van der Waals surface area contributed by atoms with Crippen molar-refractivity contribution in [3.8, 4) is 0 Å². The summed E-state index contributed by atoms with van der Waals surface area (Å²) in [4.78, 5) is 37.8. The normalized spacial score (nSPS) is 11.1. The van der Waals surface area contributed by atoms with Crippen molar-refractivity contribution in [2.24, 2.45) is 13.0 Å². The molecule has 0 saturated carbocycles. The molecule has 1 heterocycles. The van der Waals surface area contributed by atoms with Crippen LogP contribution in [0.2, 0.25) is 10.0 Å². The summed E-state index contributed by atoms with van der Waals surface area (Å²) < 4.78 is 15.4. The van der Waals surface area contributed by atoms with Gasteiger partial charge in [-0.3, -0.25) is 14.4 Å². The van der Waals surface area contributed by atoms with E-state index in [0.29, 0.717) is 16.9 Å². The Kier molecular flexibility index (Phi) is 8.57. The molecule has 39 heavy (non-hydrogen) atoms. The molecule has 0 atom stereocenters. The maximum atomic E-state index is 13.7.